The molecule has 2 amide bonds. The van der Waals surface area contributed by atoms with Gasteiger partial charge in [-0.1, -0.05) is 12.1 Å². The van der Waals surface area contributed by atoms with E-state index in [4.69, 9.17) is 5.11 Å². The fraction of sp³-hybridized carbons (Fsp3) is 0.357. The number of nitrogens with one attached hydrogen (secondary N) is 1. The fourth-order valence-corrected chi connectivity index (χ4v) is 2.41. The van der Waals surface area contributed by atoms with Crippen molar-refractivity contribution >= 4 is 18.0 Å². The minimum atomic E-state index is -0.941. The lowest BCUT2D eigenvalue weighted by atomic mass is 9.94. The number of carboxylic acids is 1. The molecule has 1 aliphatic heterocycles. The van der Waals surface area contributed by atoms with Crippen molar-refractivity contribution in [3.8, 4) is 0 Å². The normalized spacial score (nSPS) is 14.1. The second kappa shape index (κ2) is 6.36. The van der Waals surface area contributed by atoms with Crippen LogP contribution in [0.4, 0.5) is 4.79 Å². The maximum absolute atomic E-state index is 11.6. The van der Waals surface area contributed by atoms with E-state index in [2.05, 4.69) is 10.1 Å². The van der Waals surface area contributed by atoms with Crippen LogP contribution in [0.3, 0.4) is 0 Å². The lowest BCUT2D eigenvalue weighted by Gasteiger charge is -2.28. The van der Waals surface area contributed by atoms with Gasteiger partial charge in [0.15, 0.2) is 0 Å². The standard InChI is InChI=1S/C14H16N2O5/c1-21-14(20)15-12(17)8-16-6-5-10-9(7-16)3-2-4-11(10)13(18)19/h2-4H,5-8H2,1H3,(H,18,19)(H,15,17,20). The Morgan fingerprint density at radius 3 is 2.81 bits per heavy atom. The van der Waals surface area contributed by atoms with Crippen LogP contribution < -0.4 is 5.32 Å². The predicted molar refractivity (Wildman–Crippen MR) is 72.9 cm³/mol. The van der Waals surface area contributed by atoms with Gasteiger partial charge in [-0.15, -0.1) is 0 Å². The molecule has 112 valence electrons. The molecule has 0 saturated carbocycles. The molecule has 1 aliphatic rings. The zero-order valence-electron chi connectivity index (χ0n) is 11.6. The van der Waals surface area contributed by atoms with Crippen molar-refractivity contribution < 1.29 is 24.2 Å². The van der Waals surface area contributed by atoms with Gasteiger partial charge in [0.2, 0.25) is 5.91 Å². The molecule has 0 aliphatic carbocycles. The van der Waals surface area contributed by atoms with Crippen molar-refractivity contribution in [2.75, 3.05) is 20.2 Å². The Balaban J connectivity index is 2.03. The van der Waals surface area contributed by atoms with E-state index in [1.165, 1.54) is 7.11 Å². The Labute approximate surface area is 121 Å². The number of imide groups is 1. The zero-order chi connectivity index (χ0) is 15.4. The minimum Gasteiger partial charge on any atom is -0.478 e. The summed E-state index contributed by atoms with van der Waals surface area (Å²) in [5.41, 5.74) is 2.02. The molecule has 7 nitrogen and oxygen atoms in total. The predicted octanol–water partition coefficient (Wildman–Crippen LogP) is 0.625. The second-order valence-electron chi connectivity index (χ2n) is 4.75. The summed E-state index contributed by atoms with van der Waals surface area (Å²) < 4.78 is 4.35. The number of alkyl carbamates (subject to hydrolysis) is 1. The number of hydrogen-bond donors (Lipinski definition) is 2. The first-order valence-electron chi connectivity index (χ1n) is 6.45. The van der Waals surface area contributed by atoms with Gasteiger partial charge < -0.3 is 9.84 Å². The third-order valence-electron chi connectivity index (χ3n) is 3.37. The molecular formula is C14H16N2O5. The van der Waals surface area contributed by atoms with Crippen molar-refractivity contribution in [1.82, 2.24) is 10.2 Å². The summed E-state index contributed by atoms with van der Waals surface area (Å²) in [6.07, 6.45) is -0.228. The van der Waals surface area contributed by atoms with Crippen LogP contribution in [0.2, 0.25) is 0 Å². The minimum absolute atomic E-state index is 0.0613. The van der Waals surface area contributed by atoms with Crippen LogP contribution in [0.25, 0.3) is 0 Å². The van der Waals surface area contributed by atoms with E-state index in [9.17, 15) is 14.4 Å². The number of carbonyl (C=O) groups is 3. The Morgan fingerprint density at radius 1 is 1.38 bits per heavy atom. The number of carboxylic acid groups (broad SMARTS) is 1. The summed E-state index contributed by atoms with van der Waals surface area (Å²) in [5, 5.41) is 11.2. The van der Waals surface area contributed by atoms with Gasteiger partial charge in [-0.2, -0.15) is 0 Å². The highest BCUT2D eigenvalue weighted by Crippen LogP contribution is 2.22. The number of methoxy groups -OCH3 is 1. The molecule has 0 aromatic heterocycles. The first-order valence-corrected chi connectivity index (χ1v) is 6.45. The highest BCUT2D eigenvalue weighted by Gasteiger charge is 2.22. The number of benzene rings is 1. The Morgan fingerprint density at radius 2 is 2.14 bits per heavy atom. The number of carbonyl (C=O) groups excluding carboxylic acids is 2. The number of rotatable bonds is 3. The molecule has 21 heavy (non-hydrogen) atoms. The van der Waals surface area contributed by atoms with Crippen LogP contribution in [0.15, 0.2) is 18.2 Å². The molecule has 0 saturated heterocycles. The van der Waals surface area contributed by atoms with Crippen LogP contribution >= 0.6 is 0 Å². The van der Waals surface area contributed by atoms with Crippen molar-refractivity contribution in [2.45, 2.75) is 13.0 Å². The summed E-state index contributed by atoms with van der Waals surface area (Å²) in [6.45, 7) is 1.10. The Hall–Kier alpha value is -2.41. The van der Waals surface area contributed by atoms with Gasteiger partial charge in [0.25, 0.3) is 0 Å². The number of fused-ring (bicyclic) bond motifs is 1. The quantitative estimate of drug-likeness (QED) is 0.848. The fourth-order valence-electron chi connectivity index (χ4n) is 2.41. The summed E-state index contributed by atoms with van der Waals surface area (Å²) in [4.78, 5) is 35.6. The third-order valence-corrected chi connectivity index (χ3v) is 3.37. The number of aromatic carboxylic acids is 1. The molecule has 0 atom stereocenters. The maximum Gasteiger partial charge on any atom is 0.413 e. The molecule has 1 heterocycles. The molecule has 0 spiro atoms. The van der Waals surface area contributed by atoms with Gasteiger partial charge in [0, 0.05) is 13.1 Å². The van der Waals surface area contributed by atoms with Crippen LogP contribution in [-0.4, -0.2) is 48.2 Å². The van der Waals surface area contributed by atoms with E-state index >= 15 is 0 Å². The summed E-state index contributed by atoms with van der Waals surface area (Å²) >= 11 is 0. The van der Waals surface area contributed by atoms with Gasteiger partial charge in [0.1, 0.15) is 0 Å². The summed E-state index contributed by atoms with van der Waals surface area (Å²) in [7, 11) is 1.19. The monoisotopic (exact) mass is 292 g/mol. The average Bonchev–Trinajstić information content (AvgIpc) is 2.45. The van der Waals surface area contributed by atoms with Gasteiger partial charge in [-0.3, -0.25) is 15.0 Å². The summed E-state index contributed by atoms with van der Waals surface area (Å²) in [5.74, 6) is -1.39. The highest BCUT2D eigenvalue weighted by atomic mass is 16.5. The SMILES string of the molecule is COC(=O)NC(=O)CN1CCc2c(cccc2C(=O)O)C1. The van der Waals surface area contributed by atoms with Gasteiger partial charge in [-0.05, 0) is 23.6 Å². The highest BCUT2D eigenvalue weighted by molar-refractivity contribution is 5.93. The molecule has 2 rings (SSSR count). The molecule has 7 heteroatoms. The van der Waals surface area contributed by atoms with E-state index in [1.807, 2.05) is 11.0 Å². The lowest BCUT2D eigenvalue weighted by Crippen LogP contribution is -2.42. The largest absolute Gasteiger partial charge is 0.478 e. The van der Waals surface area contributed by atoms with Crippen molar-refractivity contribution in [3.63, 3.8) is 0 Å². The number of hydrogen-bond acceptors (Lipinski definition) is 5. The number of nitrogens with zero attached hydrogens (tertiary/aromatic N) is 1. The second-order valence-corrected chi connectivity index (χ2v) is 4.75. The van der Waals surface area contributed by atoms with Crippen molar-refractivity contribution in [3.05, 3.63) is 34.9 Å². The van der Waals surface area contributed by atoms with E-state index < -0.39 is 18.0 Å². The first-order chi connectivity index (χ1) is 10.0. The van der Waals surface area contributed by atoms with Gasteiger partial charge in [0.05, 0.1) is 19.2 Å². The Bertz CT molecular complexity index is 585. The molecule has 2 N–H and O–H groups in total. The average molecular weight is 292 g/mol. The topological polar surface area (TPSA) is 95.9 Å². The molecule has 1 aromatic carbocycles. The van der Waals surface area contributed by atoms with Crippen molar-refractivity contribution in [2.24, 2.45) is 0 Å². The summed E-state index contributed by atoms with van der Waals surface area (Å²) in [6, 6.07) is 5.13. The van der Waals surface area contributed by atoms with Crippen LogP contribution in [-0.2, 0) is 22.5 Å². The van der Waals surface area contributed by atoms with E-state index in [1.54, 1.807) is 12.1 Å². The maximum atomic E-state index is 11.6. The van der Waals surface area contributed by atoms with E-state index in [0.717, 1.165) is 11.1 Å². The van der Waals surface area contributed by atoms with Gasteiger partial charge >= 0.3 is 12.1 Å². The molecule has 0 bridgehead atoms. The molecular weight excluding hydrogens is 276 g/mol. The van der Waals surface area contributed by atoms with E-state index in [0.29, 0.717) is 25.1 Å². The molecule has 0 fully saturated rings. The van der Waals surface area contributed by atoms with Crippen LogP contribution in [0.5, 0.6) is 0 Å². The number of ether oxygens (including phenoxy) is 1. The van der Waals surface area contributed by atoms with Crippen molar-refractivity contribution in [1.29, 1.82) is 0 Å². The third kappa shape index (κ3) is 3.57. The molecule has 1 aromatic rings. The first kappa shape index (κ1) is 15.0. The molecule has 0 unspecified atom stereocenters. The van der Waals surface area contributed by atoms with Crippen LogP contribution in [0.1, 0.15) is 21.5 Å². The lowest BCUT2D eigenvalue weighted by molar-refractivity contribution is -0.121. The Kier molecular flexibility index (Phi) is 4.54. The zero-order valence-corrected chi connectivity index (χ0v) is 11.6. The van der Waals surface area contributed by atoms with Crippen LogP contribution in [0, 0.1) is 0 Å². The van der Waals surface area contributed by atoms with E-state index in [-0.39, 0.29) is 6.54 Å². The van der Waals surface area contributed by atoms with Gasteiger partial charge in [-0.25, -0.2) is 9.59 Å². The smallest absolute Gasteiger partial charge is 0.413 e. The molecule has 0 radical (unpaired) electrons. The number of amides is 2.